The lowest BCUT2D eigenvalue weighted by Crippen LogP contribution is -2.51. The first-order chi connectivity index (χ1) is 8.57. The molecule has 0 saturated carbocycles. The number of aryl methyl sites for hydroxylation is 1. The van der Waals surface area contributed by atoms with E-state index in [0.717, 1.165) is 12.4 Å². The Bertz CT molecular complexity index is 483. The molecule has 0 atom stereocenters. The first-order valence-corrected chi connectivity index (χ1v) is 6.82. The lowest BCUT2D eigenvalue weighted by Gasteiger charge is -2.48. The van der Waals surface area contributed by atoms with E-state index in [4.69, 9.17) is 0 Å². The largest absolute Gasteiger partial charge is 0.443 e. The molecule has 1 rings (SSSR count). The van der Waals surface area contributed by atoms with Gasteiger partial charge in [-0.3, -0.25) is 0 Å². The summed E-state index contributed by atoms with van der Waals surface area (Å²) in [7, 11) is -11.7. The summed E-state index contributed by atoms with van der Waals surface area (Å²) in [6.45, 7) is -1.09. The molecule has 1 aromatic rings. The molecule has 0 bridgehead atoms. The van der Waals surface area contributed by atoms with Gasteiger partial charge < -0.3 is 0 Å². The smallest absolute Gasteiger partial charge is 0.198 e. The molecule has 0 amide bonds. The van der Waals surface area contributed by atoms with E-state index < -0.39 is 34.4 Å². The van der Waals surface area contributed by atoms with E-state index in [-0.39, 0.29) is 0 Å². The molecule has 0 unspecified atom stereocenters. The zero-order chi connectivity index (χ0) is 15.9. The fraction of sp³-hybridized carbons (Fsp3) is 0.500. The summed E-state index contributed by atoms with van der Waals surface area (Å²) in [5, 5.41) is -4.06. The maximum Gasteiger partial charge on any atom is 0.443 e. The van der Waals surface area contributed by atoms with Crippen LogP contribution in [0.15, 0.2) is 24.5 Å². The van der Waals surface area contributed by atoms with E-state index in [0.29, 0.717) is 4.68 Å². The van der Waals surface area contributed by atoms with Crippen LogP contribution in [-0.2, 0) is 6.54 Å². The quantitative estimate of drug-likeness (QED) is 0.580. The van der Waals surface area contributed by atoms with Crippen molar-refractivity contribution in [3.8, 4) is 0 Å². The third-order valence-electron chi connectivity index (χ3n) is 2.24. The summed E-state index contributed by atoms with van der Waals surface area (Å²) in [6, 6.07) is 2.58. The van der Waals surface area contributed by atoms with Gasteiger partial charge in [0.05, 0.1) is 12.6 Å². The van der Waals surface area contributed by atoms with Crippen molar-refractivity contribution < 1.29 is 41.7 Å². The van der Waals surface area contributed by atoms with Gasteiger partial charge in [-0.2, -0.15) is 17.6 Å². The third kappa shape index (κ3) is 3.10. The molecule has 1 aromatic heterocycles. The van der Waals surface area contributed by atoms with E-state index in [1.807, 2.05) is 0 Å². The monoisotopic (exact) mass is 335 g/mol. The Hall–Kier alpha value is -1.20. The van der Waals surface area contributed by atoms with Crippen molar-refractivity contribution in [2.75, 3.05) is 0 Å². The van der Waals surface area contributed by atoms with Crippen LogP contribution < -0.4 is 4.68 Å². The van der Waals surface area contributed by atoms with Crippen molar-refractivity contribution in [3.63, 3.8) is 0 Å². The van der Waals surface area contributed by atoms with E-state index >= 15 is 0 Å². The molecule has 118 valence electrons. The minimum atomic E-state index is -11.7. The van der Waals surface area contributed by atoms with Crippen molar-refractivity contribution in [3.05, 3.63) is 24.5 Å². The second-order valence-corrected chi connectivity index (χ2v) is 6.35. The maximum absolute atomic E-state index is 12.9. The SMILES string of the molecule is FC(F)(CC[n+]1ccccn1)C(F)(F)S(F)(F)(F)(F)F. The van der Waals surface area contributed by atoms with Crippen molar-refractivity contribution in [2.24, 2.45) is 0 Å². The van der Waals surface area contributed by atoms with Crippen LogP contribution in [0, 0.1) is 0 Å². The van der Waals surface area contributed by atoms with Crippen LogP contribution in [0.25, 0.3) is 0 Å². The normalized spacial score (nSPS) is 17.4. The molecule has 0 saturated heterocycles. The predicted molar refractivity (Wildman–Crippen MR) is 52.1 cm³/mol. The van der Waals surface area contributed by atoms with E-state index in [1.165, 1.54) is 12.1 Å². The lowest BCUT2D eigenvalue weighted by molar-refractivity contribution is -0.756. The first-order valence-electron chi connectivity index (χ1n) is 4.87. The highest BCUT2D eigenvalue weighted by molar-refractivity contribution is 8.46. The topological polar surface area (TPSA) is 16.8 Å². The van der Waals surface area contributed by atoms with Crippen molar-refractivity contribution in [2.45, 2.75) is 24.1 Å². The second-order valence-electron chi connectivity index (χ2n) is 3.90. The van der Waals surface area contributed by atoms with Crippen LogP contribution in [-0.4, -0.2) is 16.3 Å². The zero-order valence-electron chi connectivity index (χ0n) is 9.43. The number of alkyl halides is 4. The highest BCUT2D eigenvalue weighted by atomic mass is 32.5. The third-order valence-corrected chi connectivity index (χ3v) is 3.50. The molecular formula is C8H8F9N2S+. The molecule has 1 heterocycles. The molecule has 0 radical (unpaired) electrons. The minimum absolute atomic E-state index is 0.620. The number of aromatic nitrogens is 2. The lowest BCUT2D eigenvalue weighted by atomic mass is 10.2. The van der Waals surface area contributed by atoms with Crippen LogP contribution in [0.4, 0.5) is 37.0 Å². The Labute approximate surface area is 106 Å². The average Bonchev–Trinajstić information content (AvgIpc) is 2.24. The van der Waals surface area contributed by atoms with Gasteiger partial charge in [-0.25, -0.2) is 0 Å². The molecular weight excluding hydrogens is 327 g/mol. The van der Waals surface area contributed by atoms with Gasteiger partial charge in [0, 0.05) is 6.07 Å². The molecule has 12 heteroatoms. The molecule has 0 fully saturated rings. The van der Waals surface area contributed by atoms with Crippen LogP contribution in [0.1, 0.15) is 6.42 Å². The van der Waals surface area contributed by atoms with Crippen LogP contribution in [0.5, 0.6) is 0 Å². The van der Waals surface area contributed by atoms with Gasteiger partial charge in [-0.1, -0.05) is 24.1 Å². The Morgan fingerprint density at radius 1 is 0.950 bits per heavy atom. The summed E-state index contributed by atoms with van der Waals surface area (Å²) in [4.78, 5) is 0. The summed E-state index contributed by atoms with van der Waals surface area (Å²) in [6.07, 6.45) is -0.0813. The summed E-state index contributed by atoms with van der Waals surface area (Å²) in [5.74, 6) is -5.96. The Kier molecular flexibility index (Phi) is 3.30. The molecule has 0 aromatic carbocycles. The molecule has 0 N–H and O–H groups in total. The highest BCUT2D eigenvalue weighted by Crippen LogP contribution is 3.05. The van der Waals surface area contributed by atoms with Gasteiger partial charge in [-0.05, 0) is 11.2 Å². The Balaban J connectivity index is 3.00. The number of hydrogen-bond acceptors (Lipinski definition) is 1. The predicted octanol–water partition coefficient (Wildman–Crippen LogP) is 4.29. The number of hydrogen-bond donors (Lipinski definition) is 0. The Morgan fingerprint density at radius 3 is 1.90 bits per heavy atom. The van der Waals surface area contributed by atoms with E-state index in [2.05, 4.69) is 5.10 Å². The minimum Gasteiger partial charge on any atom is -0.198 e. The number of halogens is 9. The van der Waals surface area contributed by atoms with Gasteiger partial charge in [0.25, 0.3) is 0 Å². The van der Waals surface area contributed by atoms with Crippen LogP contribution in [0.2, 0.25) is 0 Å². The number of nitrogens with zero attached hydrogens (tertiary/aromatic N) is 2. The summed E-state index contributed by atoms with van der Waals surface area (Å²) < 4.78 is 111. The number of rotatable bonds is 5. The van der Waals surface area contributed by atoms with Crippen molar-refractivity contribution in [1.29, 1.82) is 0 Å². The highest BCUT2D eigenvalue weighted by Gasteiger charge is 2.91. The van der Waals surface area contributed by atoms with Crippen molar-refractivity contribution >= 4 is 10.2 Å². The molecule has 0 spiro atoms. The molecule has 0 aliphatic heterocycles. The van der Waals surface area contributed by atoms with Gasteiger partial charge in [0.1, 0.15) is 0 Å². The van der Waals surface area contributed by atoms with Crippen LogP contribution in [0.3, 0.4) is 0 Å². The van der Waals surface area contributed by atoms with E-state index in [1.54, 1.807) is 0 Å². The zero-order valence-corrected chi connectivity index (χ0v) is 10.2. The van der Waals surface area contributed by atoms with E-state index in [9.17, 15) is 37.0 Å². The fourth-order valence-electron chi connectivity index (χ4n) is 1.18. The molecule has 0 aliphatic rings. The second kappa shape index (κ2) is 3.92. The molecule has 20 heavy (non-hydrogen) atoms. The maximum atomic E-state index is 12.9. The van der Waals surface area contributed by atoms with Gasteiger partial charge >= 0.3 is 21.4 Å². The van der Waals surface area contributed by atoms with Crippen molar-refractivity contribution in [1.82, 2.24) is 5.10 Å². The van der Waals surface area contributed by atoms with Crippen LogP contribution >= 0.6 is 10.2 Å². The molecule has 0 aliphatic carbocycles. The first kappa shape index (κ1) is 16.9. The fourth-order valence-corrected chi connectivity index (χ4v) is 1.84. The Morgan fingerprint density at radius 2 is 1.50 bits per heavy atom. The van der Waals surface area contributed by atoms with Gasteiger partial charge in [0.2, 0.25) is 0 Å². The average molecular weight is 335 g/mol. The van der Waals surface area contributed by atoms with Gasteiger partial charge in [0.15, 0.2) is 12.7 Å². The molecule has 2 nitrogen and oxygen atoms in total. The summed E-state index contributed by atoms with van der Waals surface area (Å²) >= 11 is 0. The standard InChI is InChI=1S/C8H8F9N2S/c9-7(10,3-6-19-5-2-1-4-18-19)8(11,12)20(13,14,15,16)17/h1-2,4-5H,3,6H2/q+1. The van der Waals surface area contributed by atoms with Gasteiger partial charge in [-0.15, -0.1) is 0 Å². The summed E-state index contributed by atoms with van der Waals surface area (Å²) in [5.41, 5.74) is 0.